The van der Waals surface area contributed by atoms with Gasteiger partial charge in [0.15, 0.2) is 11.5 Å². The molecule has 3 N–H and O–H groups in total. The number of aliphatic hydroxyl groups is 1. The maximum absolute atomic E-state index is 13.5. The van der Waals surface area contributed by atoms with Gasteiger partial charge in [0.1, 0.15) is 11.9 Å². The van der Waals surface area contributed by atoms with Crippen LogP contribution >= 0.6 is 0 Å². The topological polar surface area (TPSA) is 111 Å². The van der Waals surface area contributed by atoms with Gasteiger partial charge in [-0.25, -0.2) is 0 Å². The molecule has 1 spiro atoms. The van der Waals surface area contributed by atoms with Gasteiger partial charge in [-0.3, -0.25) is 19.4 Å². The normalized spacial score (nSPS) is 37.8. The Labute approximate surface area is 208 Å². The molecule has 8 nitrogen and oxygen atoms in total. The molecule has 2 amide bonds. The zero-order chi connectivity index (χ0) is 24.7. The lowest BCUT2D eigenvalue weighted by Crippen LogP contribution is -2.92. The predicted molar refractivity (Wildman–Crippen MR) is 127 cm³/mol. The smallest absolute Gasteiger partial charge is 0.265 e. The van der Waals surface area contributed by atoms with E-state index in [1.807, 2.05) is 13.0 Å². The average Bonchev–Trinajstić information content (AvgIpc) is 3.51. The summed E-state index contributed by atoms with van der Waals surface area (Å²) < 4.78 is 6.51. The third kappa shape index (κ3) is 2.13. The van der Waals surface area contributed by atoms with Crippen LogP contribution in [0.1, 0.15) is 57.5 Å². The number of aryl methyl sites for hydroxylation is 1. The fourth-order valence-electron chi connectivity index (χ4n) is 8.53. The van der Waals surface area contributed by atoms with Crippen LogP contribution in [0.2, 0.25) is 0 Å². The Morgan fingerprint density at radius 2 is 1.86 bits per heavy atom. The van der Waals surface area contributed by atoms with Gasteiger partial charge in [-0.1, -0.05) is 12.1 Å². The summed E-state index contributed by atoms with van der Waals surface area (Å²) in [5, 5.41) is 33.6. The summed E-state index contributed by atoms with van der Waals surface area (Å²) in [6.07, 6.45) is 2.63. The van der Waals surface area contributed by atoms with E-state index in [9.17, 15) is 24.9 Å². The first-order valence-electron chi connectivity index (χ1n) is 12.9. The molecule has 36 heavy (non-hydrogen) atoms. The Balaban J connectivity index is 1.26. The number of rotatable bonds is 3. The fraction of sp³-hybridized carbons (Fsp3) is 0.500. The molecule has 2 aromatic rings. The molecule has 3 aliphatic carbocycles. The van der Waals surface area contributed by atoms with Crippen molar-refractivity contribution in [1.82, 2.24) is 9.80 Å². The second-order valence-corrected chi connectivity index (χ2v) is 11.7. The summed E-state index contributed by atoms with van der Waals surface area (Å²) in [5.74, 6) is 0.0114. The Hall–Kier alpha value is -3.10. The molecule has 3 aliphatic heterocycles. The highest BCUT2D eigenvalue weighted by Crippen LogP contribution is 2.74. The average molecular weight is 489 g/mol. The minimum Gasteiger partial charge on any atom is -0.507 e. The van der Waals surface area contributed by atoms with Crippen LogP contribution in [0.3, 0.4) is 0 Å². The van der Waals surface area contributed by atoms with Crippen LogP contribution in [0.15, 0.2) is 30.3 Å². The second kappa shape index (κ2) is 6.42. The van der Waals surface area contributed by atoms with Gasteiger partial charge in [0.2, 0.25) is 0 Å². The number of ether oxygens (including phenoxy) is 1. The first-order chi connectivity index (χ1) is 17.3. The standard InChI is InChI=1S/C28H28N2O6/c1-13-5-8-19(32)22-21(13)28-16-12-29(11-14-6-7-14)23(16)27(28,35)10-9-17(24(28)36-22)30-25(33)15-3-2-4-18(31)20(15)26(30)34/h2-5,8,14,16-17,23-24,31-32,35H,6-7,9-12H2,1H3/t16?,17-,23-,24+,27-,28+/m1/s1. The molecule has 4 fully saturated rings. The van der Waals surface area contributed by atoms with Gasteiger partial charge >= 0.3 is 0 Å². The van der Waals surface area contributed by atoms with Crippen molar-refractivity contribution in [2.45, 2.75) is 61.8 Å². The van der Waals surface area contributed by atoms with Gasteiger partial charge in [-0.05, 0) is 62.3 Å². The van der Waals surface area contributed by atoms with Gasteiger partial charge in [0.25, 0.3) is 11.8 Å². The number of amides is 2. The lowest BCUT2D eigenvalue weighted by atomic mass is 9.35. The Kier molecular flexibility index (Phi) is 3.75. The number of aromatic hydroxyl groups is 2. The van der Waals surface area contributed by atoms with E-state index >= 15 is 0 Å². The molecular formula is C28H28N2O6. The van der Waals surface area contributed by atoms with E-state index in [1.54, 1.807) is 18.2 Å². The summed E-state index contributed by atoms with van der Waals surface area (Å²) in [5.41, 5.74) is 0.0926. The van der Waals surface area contributed by atoms with E-state index in [2.05, 4.69) is 4.90 Å². The molecule has 6 aliphatic rings. The molecule has 8 rings (SSSR count). The number of hydrogen-bond donors (Lipinski definition) is 3. The van der Waals surface area contributed by atoms with E-state index in [-0.39, 0.29) is 34.6 Å². The van der Waals surface area contributed by atoms with Crippen LogP contribution in [0.5, 0.6) is 17.2 Å². The highest BCUT2D eigenvalue weighted by Gasteiger charge is 2.85. The number of likely N-dealkylation sites (tertiary alicyclic amines) is 1. The number of phenols is 2. The van der Waals surface area contributed by atoms with Crippen LogP contribution in [-0.2, 0) is 5.41 Å². The van der Waals surface area contributed by atoms with Crippen LogP contribution in [0.4, 0.5) is 0 Å². The molecule has 1 saturated heterocycles. The van der Waals surface area contributed by atoms with Crippen molar-refractivity contribution < 1.29 is 29.6 Å². The van der Waals surface area contributed by atoms with Crippen molar-refractivity contribution in [2.24, 2.45) is 11.8 Å². The van der Waals surface area contributed by atoms with Gasteiger partial charge in [-0.2, -0.15) is 0 Å². The quantitative estimate of drug-likeness (QED) is 0.569. The van der Waals surface area contributed by atoms with Crippen molar-refractivity contribution in [3.05, 3.63) is 52.6 Å². The van der Waals surface area contributed by atoms with Crippen molar-refractivity contribution in [1.29, 1.82) is 0 Å². The van der Waals surface area contributed by atoms with Gasteiger partial charge in [0.05, 0.1) is 28.2 Å². The molecule has 1 unspecified atom stereocenters. The lowest BCUT2D eigenvalue weighted by Gasteiger charge is -2.78. The molecule has 3 heterocycles. The van der Waals surface area contributed by atoms with Gasteiger partial charge in [-0.15, -0.1) is 0 Å². The summed E-state index contributed by atoms with van der Waals surface area (Å²) >= 11 is 0. The van der Waals surface area contributed by atoms with Crippen LogP contribution in [-0.4, -0.2) is 73.8 Å². The van der Waals surface area contributed by atoms with E-state index < -0.39 is 35.0 Å². The van der Waals surface area contributed by atoms with Gasteiger partial charge in [0, 0.05) is 30.6 Å². The van der Waals surface area contributed by atoms with Crippen LogP contribution in [0.25, 0.3) is 0 Å². The number of imide groups is 1. The zero-order valence-corrected chi connectivity index (χ0v) is 20.0. The number of carbonyl (C=O) groups is 2. The summed E-state index contributed by atoms with van der Waals surface area (Å²) in [7, 11) is 0. The Morgan fingerprint density at radius 3 is 2.61 bits per heavy atom. The van der Waals surface area contributed by atoms with Gasteiger partial charge < -0.3 is 20.1 Å². The number of phenolic OH excluding ortho intramolecular Hbond substituents is 2. The highest BCUT2D eigenvalue weighted by molar-refractivity contribution is 6.22. The maximum Gasteiger partial charge on any atom is 0.265 e. The first kappa shape index (κ1) is 21.0. The number of hydrogen-bond acceptors (Lipinski definition) is 7. The summed E-state index contributed by atoms with van der Waals surface area (Å²) in [4.78, 5) is 30.7. The van der Waals surface area contributed by atoms with Crippen LogP contribution < -0.4 is 4.74 Å². The summed E-state index contributed by atoms with van der Waals surface area (Å²) in [6, 6.07) is 7.39. The molecule has 3 saturated carbocycles. The van der Waals surface area contributed by atoms with E-state index in [0.29, 0.717) is 24.5 Å². The molecule has 0 radical (unpaired) electrons. The number of piperidine rings is 1. The SMILES string of the molecule is Cc1ccc(O)c2c1[C@]13C4CN(CC5CC5)[C@H]4[C@]1(O)CC[C@@H](N1C(=O)c4cccc(O)c4C1=O)[C@@H]3O2. The number of carbonyl (C=O) groups excluding carboxylic acids is 2. The maximum atomic E-state index is 13.5. The zero-order valence-electron chi connectivity index (χ0n) is 20.0. The minimum atomic E-state index is -1.07. The molecule has 0 aromatic heterocycles. The van der Waals surface area contributed by atoms with E-state index in [4.69, 9.17) is 4.74 Å². The highest BCUT2D eigenvalue weighted by atomic mass is 16.5. The molecular weight excluding hydrogens is 460 g/mol. The molecule has 2 aromatic carbocycles. The van der Waals surface area contributed by atoms with Crippen molar-refractivity contribution in [3.8, 4) is 17.2 Å². The second-order valence-electron chi connectivity index (χ2n) is 11.7. The van der Waals surface area contributed by atoms with E-state index in [1.165, 1.54) is 23.8 Å². The largest absolute Gasteiger partial charge is 0.507 e. The number of fused-ring (bicyclic) bond motifs is 4. The lowest BCUT2D eigenvalue weighted by molar-refractivity contribution is -0.320. The first-order valence-corrected chi connectivity index (χ1v) is 12.9. The molecule has 8 heteroatoms. The van der Waals surface area contributed by atoms with Crippen molar-refractivity contribution >= 4 is 11.8 Å². The monoisotopic (exact) mass is 488 g/mol. The minimum absolute atomic E-state index is 0.0121. The third-order valence-electron chi connectivity index (χ3n) is 10.1. The number of nitrogens with zero attached hydrogens (tertiary/aromatic N) is 2. The van der Waals surface area contributed by atoms with E-state index in [0.717, 1.165) is 24.2 Å². The third-order valence-corrected chi connectivity index (χ3v) is 10.1. The Morgan fingerprint density at radius 1 is 1.06 bits per heavy atom. The molecule has 0 bridgehead atoms. The van der Waals surface area contributed by atoms with Crippen molar-refractivity contribution in [3.63, 3.8) is 0 Å². The molecule has 186 valence electrons. The van der Waals surface area contributed by atoms with Crippen LogP contribution in [0, 0.1) is 18.8 Å². The number of benzene rings is 2. The Bertz CT molecular complexity index is 1390. The molecule has 6 atom stereocenters. The van der Waals surface area contributed by atoms with Crippen molar-refractivity contribution in [2.75, 3.05) is 13.1 Å². The predicted octanol–water partition coefficient (Wildman–Crippen LogP) is 2.32. The summed E-state index contributed by atoms with van der Waals surface area (Å²) in [6.45, 7) is 3.79. The fourth-order valence-corrected chi connectivity index (χ4v) is 8.53.